The Balaban J connectivity index is 2.61. The molecule has 15 heavy (non-hydrogen) atoms. The van der Waals surface area contributed by atoms with Gasteiger partial charge >= 0.3 is 0 Å². The van der Waals surface area contributed by atoms with Crippen LogP contribution < -0.4 is 0 Å². The van der Waals surface area contributed by atoms with E-state index >= 15 is 0 Å². The third kappa shape index (κ3) is 1.71. The first-order valence-electron chi connectivity index (χ1n) is 5.43. The van der Waals surface area contributed by atoms with Crippen LogP contribution in [0.4, 0.5) is 0 Å². The van der Waals surface area contributed by atoms with Gasteiger partial charge in [-0.1, -0.05) is 13.8 Å². The lowest BCUT2D eigenvalue weighted by Gasteiger charge is -2.14. The summed E-state index contributed by atoms with van der Waals surface area (Å²) >= 11 is 0. The molecule has 0 radical (unpaired) electrons. The lowest BCUT2D eigenvalue weighted by molar-refractivity contribution is 0.599. The van der Waals surface area contributed by atoms with Crippen molar-refractivity contribution in [2.45, 2.75) is 39.5 Å². The predicted octanol–water partition coefficient (Wildman–Crippen LogP) is 2.34. The fourth-order valence-corrected chi connectivity index (χ4v) is 1.96. The minimum Gasteiger partial charge on any atom is -0.216 e. The molecular weight excluding hydrogens is 188 g/mol. The maximum Gasteiger partial charge on any atom is 0.252 e. The van der Waals surface area contributed by atoms with Gasteiger partial charge in [0.15, 0.2) is 0 Å². The predicted molar refractivity (Wildman–Crippen MR) is 58.8 cm³/mol. The van der Waals surface area contributed by atoms with Gasteiger partial charge in [-0.05, 0) is 25.8 Å². The second-order valence-corrected chi connectivity index (χ2v) is 3.81. The highest BCUT2D eigenvalue weighted by atomic mass is 15.3. The Bertz CT molecular complexity index is 457. The van der Waals surface area contributed by atoms with E-state index in [2.05, 4.69) is 35.0 Å². The average Bonchev–Trinajstić information content (AvgIpc) is 2.67. The molecule has 0 aliphatic heterocycles. The Morgan fingerprint density at radius 1 is 1.33 bits per heavy atom. The zero-order chi connectivity index (χ0) is 10.8. The van der Waals surface area contributed by atoms with Crippen molar-refractivity contribution in [2.75, 3.05) is 0 Å². The molecule has 0 saturated carbocycles. The summed E-state index contributed by atoms with van der Waals surface area (Å²) in [6, 6.07) is 2.11. The molecule has 0 aliphatic carbocycles. The molecule has 0 aromatic carbocycles. The van der Waals surface area contributed by atoms with Gasteiger partial charge in [0.25, 0.3) is 5.78 Å². The van der Waals surface area contributed by atoms with E-state index in [-0.39, 0.29) is 0 Å². The highest BCUT2D eigenvalue weighted by Crippen LogP contribution is 2.22. The number of hydrogen-bond acceptors (Lipinski definition) is 3. The first-order chi connectivity index (χ1) is 7.26. The number of aryl methyl sites for hydroxylation is 1. The van der Waals surface area contributed by atoms with Gasteiger partial charge in [0.2, 0.25) is 0 Å². The van der Waals surface area contributed by atoms with E-state index < -0.39 is 0 Å². The summed E-state index contributed by atoms with van der Waals surface area (Å²) in [5, 5.41) is 4.22. The van der Waals surface area contributed by atoms with Gasteiger partial charge < -0.3 is 0 Å². The van der Waals surface area contributed by atoms with Crippen molar-refractivity contribution in [3.05, 3.63) is 23.8 Å². The van der Waals surface area contributed by atoms with Crippen molar-refractivity contribution in [2.24, 2.45) is 0 Å². The van der Waals surface area contributed by atoms with Crippen molar-refractivity contribution in [1.82, 2.24) is 19.6 Å². The second kappa shape index (κ2) is 3.96. The molecule has 2 aromatic rings. The van der Waals surface area contributed by atoms with Gasteiger partial charge in [-0.3, -0.25) is 0 Å². The summed E-state index contributed by atoms with van der Waals surface area (Å²) in [6.07, 6.45) is 3.80. The minimum atomic E-state index is 0.538. The molecule has 0 aliphatic rings. The van der Waals surface area contributed by atoms with E-state index in [1.165, 1.54) is 5.69 Å². The van der Waals surface area contributed by atoms with Crippen molar-refractivity contribution in [3.8, 4) is 0 Å². The Morgan fingerprint density at radius 3 is 2.73 bits per heavy atom. The van der Waals surface area contributed by atoms with Crippen LogP contribution in [0.3, 0.4) is 0 Å². The van der Waals surface area contributed by atoms with Gasteiger partial charge in [-0.2, -0.15) is 10.1 Å². The summed E-state index contributed by atoms with van der Waals surface area (Å²) in [5.74, 6) is 1.24. The molecule has 0 fully saturated rings. The van der Waals surface area contributed by atoms with Crippen molar-refractivity contribution >= 4 is 5.78 Å². The fraction of sp³-hybridized carbons (Fsp3) is 0.545. The molecule has 0 amide bonds. The first kappa shape index (κ1) is 10.1. The highest BCUT2D eigenvalue weighted by molar-refractivity contribution is 5.31. The second-order valence-electron chi connectivity index (χ2n) is 3.81. The van der Waals surface area contributed by atoms with E-state index in [1.807, 2.05) is 11.4 Å². The van der Waals surface area contributed by atoms with Crippen LogP contribution in [0.15, 0.2) is 12.4 Å². The van der Waals surface area contributed by atoms with E-state index in [0.717, 1.165) is 18.5 Å². The van der Waals surface area contributed by atoms with Crippen molar-refractivity contribution in [1.29, 1.82) is 0 Å². The first-order valence-corrected chi connectivity index (χ1v) is 5.43. The van der Waals surface area contributed by atoms with Gasteiger partial charge in [0.05, 0.1) is 5.69 Å². The Labute approximate surface area is 89.4 Å². The molecule has 80 valence electrons. The fourth-order valence-electron chi connectivity index (χ4n) is 1.96. The maximum atomic E-state index is 4.34. The van der Waals surface area contributed by atoms with Crippen LogP contribution in [0.1, 0.15) is 44.0 Å². The number of fused-ring (bicyclic) bond motifs is 1. The molecule has 0 saturated heterocycles. The lowest BCUT2D eigenvalue weighted by Crippen LogP contribution is -2.07. The molecule has 4 nitrogen and oxygen atoms in total. The van der Waals surface area contributed by atoms with Gasteiger partial charge in [0, 0.05) is 11.6 Å². The van der Waals surface area contributed by atoms with Crippen LogP contribution in [0.25, 0.3) is 5.78 Å². The zero-order valence-electron chi connectivity index (χ0n) is 9.44. The summed E-state index contributed by atoms with van der Waals surface area (Å²) in [6.45, 7) is 6.40. The molecule has 2 aromatic heterocycles. The number of rotatable bonds is 3. The van der Waals surface area contributed by atoms with Crippen LogP contribution in [0, 0.1) is 6.92 Å². The van der Waals surface area contributed by atoms with Crippen molar-refractivity contribution < 1.29 is 0 Å². The van der Waals surface area contributed by atoms with Gasteiger partial charge in [0.1, 0.15) is 6.33 Å². The molecule has 4 heteroatoms. The third-order valence-electron chi connectivity index (χ3n) is 2.81. The maximum absolute atomic E-state index is 4.34. The number of hydrogen-bond donors (Lipinski definition) is 0. The molecule has 0 spiro atoms. The molecule has 0 bridgehead atoms. The Morgan fingerprint density at radius 2 is 2.07 bits per heavy atom. The molecule has 0 N–H and O–H groups in total. The van der Waals surface area contributed by atoms with E-state index in [4.69, 9.17) is 0 Å². The minimum absolute atomic E-state index is 0.538. The zero-order valence-corrected chi connectivity index (χ0v) is 9.44. The van der Waals surface area contributed by atoms with Crippen LogP contribution in [-0.2, 0) is 0 Å². The summed E-state index contributed by atoms with van der Waals surface area (Å²) in [7, 11) is 0. The molecule has 2 rings (SSSR count). The van der Waals surface area contributed by atoms with Crippen LogP contribution in [0.2, 0.25) is 0 Å². The normalized spacial score (nSPS) is 11.5. The Kier molecular flexibility index (Phi) is 2.66. The largest absolute Gasteiger partial charge is 0.252 e. The smallest absolute Gasteiger partial charge is 0.216 e. The van der Waals surface area contributed by atoms with Crippen LogP contribution >= 0.6 is 0 Å². The Hall–Kier alpha value is -1.45. The van der Waals surface area contributed by atoms with Crippen LogP contribution in [0.5, 0.6) is 0 Å². The monoisotopic (exact) mass is 204 g/mol. The third-order valence-corrected chi connectivity index (χ3v) is 2.81. The molecule has 0 unspecified atom stereocenters. The highest BCUT2D eigenvalue weighted by Gasteiger charge is 2.13. The molecule has 2 heterocycles. The summed E-state index contributed by atoms with van der Waals surface area (Å²) in [5.41, 5.74) is 2.23. The topological polar surface area (TPSA) is 43.1 Å². The SMILES string of the molecule is CCC(CC)c1cc(C)nc2ncnn12. The van der Waals surface area contributed by atoms with Gasteiger partial charge in [-0.25, -0.2) is 9.50 Å². The molecule has 0 atom stereocenters. The average molecular weight is 204 g/mol. The molecular formula is C11H16N4. The van der Waals surface area contributed by atoms with E-state index in [0.29, 0.717) is 11.7 Å². The summed E-state index contributed by atoms with van der Waals surface area (Å²) < 4.78 is 1.85. The van der Waals surface area contributed by atoms with Crippen LogP contribution in [-0.4, -0.2) is 19.6 Å². The number of nitrogens with zero attached hydrogens (tertiary/aromatic N) is 4. The summed E-state index contributed by atoms with van der Waals surface area (Å²) in [4.78, 5) is 8.47. The number of aromatic nitrogens is 4. The van der Waals surface area contributed by atoms with Gasteiger partial charge in [-0.15, -0.1) is 0 Å². The van der Waals surface area contributed by atoms with E-state index in [9.17, 15) is 0 Å². The quantitative estimate of drug-likeness (QED) is 0.770. The lowest BCUT2D eigenvalue weighted by atomic mass is 9.99. The van der Waals surface area contributed by atoms with E-state index in [1.54, 1.807) is 6.33 Å². The van der Waals surface area contributed by atoms with Crippen molar-refractivity contribution in [3.63, 3.8) is 0 Å². The standard InChI is InChI=1S/C11H16N4/c1-4-9(5-2)10-6-8(3)14-11-12-7-13-15(10)11/h6-7,9H,4-5H2,1-3H3.